The Bertz CT molecular complexity index is 1030. The SMILES string of the molecule is CCc1nc2cc(C(O)/C=C/N)ccc2c(=O)n1CCc1ccc(F)cc1. The van der Waals surface area contributed by atoms with Crippen LogP contribution in [-0.4, -0.2) is 14.7 Å². The van der Waals surface area contributed by atoms with Crippen molar-refractivity contribution in [1.29, 1.82) is 0 Å². The van der Waals surface area contributed by atoms with Gasteiger partial charge in [-0.05, 0) is 54.1 Å². The maximum absolute atomic E-state index is 13.1. The Hall–Kier alpha value is -2.99. The lowest BCUT2D eigenvalue weighted by Crippen LogP contribution is -2.26. The molecular formula is C21H22FN3O2. The van der Waals surface area contributed by atoms with Crippen molar-refractivity contribution in [2.45, 2.75) is 32.4 Å². The second kappa shape index (κ2) is 8.14. The first kappa shape index (κ1) is 18.8. The van der Waals surface area contributed by atoms with Gasteiger partial charge in [0.2, 0.25) is 0 Å². The van der Waals surface area contributed by atoms with E-state index >= 15 is 0 Å². The highest BCUT2D eigenvalue weighted by atomic mass is 19.1. The third-order valence-electron chi connectivity index (χ3n) is 4.55. The van der Waals surface area contributed by atoms with Crippen LogP contribution in [0.5, 0.6) is 0 Å². The van der Waals surface area contributed by atoms with Crippen LogP contribution in [0.4, 0.5) is 4.39 Å². The van der Waals surface area contributed by atoms with E-state index in [4.69, 9.17) is 5.73 Å². The lowest BCUT2D eigenvalue weighted by Gasteiger charge is -2.14. The summed E-state index contributed by atoms with van der Waals surface area (Å²) in [5.41, 5.74) is 7.35. The Morgan fingerprint density at radius 1 is 1.26 bits per heavy atom. The van der Waals surface area contributed by atoms with Gasteiger partial charge in [0, 0.05) is 13.0 Å². The molecule has 5 nitrogen and oxygen atoms in total. The Morgan fingerprint density at radius 2 is 2.00 bits per heavy atom. The second-order valence-electron chi connectivity index (χ2n) is 6.32. The van der Waals surface area contributed by atoms with E-state index < -0.39 is 6.10 Å². The average molecular weight is 367 g/mol. The summed E-state index contributed by atoms with van der Waals surface area (Å²) in [7, 11) is 0. The molecule has 1 aromatic heterocycles. The van der Waals surface area contributed by atoms with Crippen molar-refractivity contribution in [3.8, 4) is 0 Å². The summed E-state index contributed by atoms with van der Waals surface area (Å²) in [6.45, 7) is 2.41. The first-order chi connectivity index (χ1) is 13.0. The Labute approximate surface area is 156 Å². The van der Waals surface area contributed by atoms with Crippen molar-refractivity contribution < 1.29 is 9.50 Å². The number of aromatic nitrogens is 2. The number of hydrogen-bond donors (Lipinski definition) is 2. The van der Waals surface area contributed by atoms with Crippen LogP contribution in [0.1, 0.15) is 30.0 Å². The molecule has 2 aromatic carbocycles. The molecule has 3 rings (SSSR count). The van der Waals surface area contributed by atoms with Gasteiger partial charge in [-0.2, -0.15) is 0 Å². The standard InChI is InChI=1S/C21H22FN3O2/c1-2-20-24-18-13-15(19(26)9-11-23)5-8-17(18)21(27)25(20)12-10-14-3-6-16(22)7-4-14/h3-9,11,13,19,26H,2,10,12,23H2,1H3/b11-9+. The molecule has 0 fully saturated rings. The number of fused-ring (bicyclic) bond motifs is 1. The summed E-state index contributed by atoms with van der Waals surface area (Å²) in [6, 6.07) is 11.4. The van der Waals surface area contributed by atoms with Gasteiger partial charge in [0.25, 0.3) is 5.56 Å². The zero-order chi connectivity index (χ0) is 19.4. The van der Waals surface area contributed by atoms with Crippen LogP contribution in [0.15, 0.2) is 59.5 Å². The molecule has 0 saturated carbocycles. The number of hydrogen-bond acceptors (Lipinski definition) is 4. The quantitative estimate of drug-likeness (QED) is 0.702. The Morgan fingerprint density at radius 3 is 2.67 bits per heavy atom. The summed E-state index contributed by atoms with van der Waals surface area (Å²) in [4.78, 5) is 17.6. The minimum atomic E-state index is -0.841. The van der Waals surface area contributed by atoms with E-state index in [0.717, 1.165) is 5.56 Å². The molecule has 3 N–H and O–H groups in total. The summed E-state index contributed by atoms with van der Waals surface area (Å²) in [6.07, 6.45) is 3.12. The summed E-state index contributed by atoms with van der Waals surface area (Å²) >= 11 is 0. The number of rotatable bonds is 6. The molecule has 140 valence electrons. The molecule has 0 bridgehead atoms. The van der Waals surface area contributed by atoms with Gasteiger partial charge in [0.05, 0.1) is 17.0 Å². The summed E-state index contributed by atoms with van der Waals surface area (Å²) in [5, 5.41) is 10.6. The third-order valence-corrected chi connectivity index (χ3v) is 4.55. The third kappa shape index (κ3) is 4.06. The summed E-state index contributed by atoms with van der Waals surface area (Å²) < 4.78 is 14.7. The number of nitrogens with zero attached hydrogens (tertiary/aromatic N) is 2. The molecule has 0 aliphatic heterocycles. The molecule has 3 aromatic rings. The van der Waals surface area contributed by atoms with Gasteiger partial charge in [-0.25, -0.2) is 9.37 Å². The minimum Gasteiger partial charge on any atom is -0.405 e. The molecule has 27 heavy (non-hydrogen) atoms. The lowest BCUT2D eigenvalue weighted by atomic mass is 10.1. The molecule has 0 amide bonds. The molecule has 6 heteroatoms. The first-order valence-electron chi connectivity index (χ1n) is 8.87. The maximum atomic E-state index is 13.1. The predicted octanol–water partition coefficient (Wildman–Crippen LogP) is 2.85. The van der Waals surface area contributed by atoms with E-state index in [1.54, 1.807) is 34.9 Å². The normalized spacial score (nSPS) is 12.7. The Balaban J connectivity index is 1.97. The van der Waals surface area contributed by atoms with Gasteiger partial charge >= 0.3 is 0 Å². The van der Waals surface area contributed by atoms with Crippen molar-refractivity contribution >= 4 is 10.9 Å². The van der Waals surface area contributed by atoms with Crippen LogP contribution in [0.25, 0.3) is 10.9 Å². The predicted molar refractivity (Wildman–Crippen MR) is 104 cm³/mol. The molecule has 1 atom stereocenters. The maximum Gasteiger partial charge on any atom is 0.261 e. The van der Waals surface area contributed by atoms with Gasteiger partial charge in [0.15, 0.2) is 0 Å². The van der Waals surface area contributed by atoms with E-state index in [-0.39, 0.29) is 11.4 Å². The zero-order valence-corrected chi connectivity index (χ0v) is 15.1. The van der Waals surface area contributed by atoms with E-state index in [9.17, 15) is 14.3 Å². The van der Waals surface area contributed by atoms with E-state index in [1.165, 1.54) is 24.4 Å². The van der Waals surface area contributed by atoms with Crippen molar-refractivity contribution in [3.63, 3.8) is 0 Å². The van der Waals surface area contributed by atoms with Gasteiger partial charge in [-0.3, -0.25) is 9.36 Å². The molecule has 0 radical (unpaired) electrons. The number of aryl methyl sites for hydroxylation is 2. The zero-order valence-electron chi connectivity index (χ0n) is 15.1. The van der Waals surface area contributed by atoms with Crippen molar-refractivity contribution in [2.24, 2.45) is 5.73 Å². The number of aliphatic hydroxyl groups is 1. The summed E-state index contributed by atoms with van der Waals surface area (Å²) in [5.74, 6) is 0.399. The molecule has 1 heterocycles. The molecule has 0 saturated heterocycles. The molecule has 1 unspecified atom stereocenters. The molecule has 0 aliphatic rings. The van der Waals surface area contributed by atoms with Crippen LogP contribution in [0.2, 0.25) is 0 Å². The van der Waals surface area contributed by atoms with E-state index in [0.29, 0.717) is 41.7 Å². The average Bonchev–Trinajstić information content (AvgIpc) is 2.68. The monoisotopic (exact) mass is 367 g/mol. The Kier molecular flexibility index (Phi) is 5.66. The number of aliphatic hydroxyl groups excluding tert-OH is 1. The fourth-order valence-corrected chi connectivity index (χ4v) is 3.08. The fourth-order valence-electron chi connectivity index (χ4n) is 3.08. The minimum absolute atomic E-state index is 0.116. The van der Waals surface area contributed by atoms with Gasteiger partial charge in [-0.15, -0.1) is 0 Å². The van der Waals surface area contributed by atoms with Crippen LogP contribution in [0.3, 0.4) is 0 Å². The smallest absolute Gasteiger partial charge is 0.261 e. The molecule has 0 spiro atoms. The van der Waals surface area contributed by atoms with Crippen LogP contribution in [0, 0.1) is 5.82 Å². The highest BCUT2D eigenvalue weighted by molar-refractivity contribution is 5.78. The number of benzene rings is 2. The van der Waals surface area contributed by atoms with E-state index in [2.05, 4.69) is 4.98 Å². The fraction of sp³-hybridized carbons (Fsp3) is 0.238. The number of nitrogens with two attached hydrogens (primary N) is 1. The highest BCUT2D eigenvalue weighted by Gasteiger charge is 2.12. The highest BCUT2D eigenvalue weighted by Crippen LogP contribution is 2.19. The van der Waals surface area contributed by atoms with Crippen molar-refractivity contribution in [2.75, 3.05) is 0 Å². The van der Waals surface area contributed by atoms with Gasteiger partial charge in [-0.1, -0.05) is 25.1 Å². The van der Waals surface area contributed by atoms with Gasteiger partial charge < -0.3 is 10.8 Å². The lowest BCUT2D eigenvalue weighted by molar-refractivity contribution is 0.228. The second-order valence-corrected chi connectivity index (χ2v) is 6.32. The van der Waals surface area contributed by atoms with Crippen molar-refractivity contribution in [3.05, 3.63) is 87.9 Å². The van der Waals surface area contributed by atoms with Crippen molar-refractivity contribution in [1.82, 2.24) is 9.55 Å². The van der Waals surface area contributed by atoms with Crippen LogP contribution in [-0.2, 0) is 19.4 Å². The molecule has 0 aliphatic carbocycles. The topological polar surface area (TPSA) is 81.1 Å². The van der Waals surface area contributed by atoms with E-state index in [1.807, 2.05) is 6.92 Å². The molecular weight excluding hydrogens is 345 g/mol. The number of halogens is 1. The largest absolute Gasteiger partial charge is 0.405 e. The van der Waals surface area contributed by atoms with Crippen LogP contribution < -0.4 is 11.3 Å². The first-order valence-corrected chi connectivity index (χ1v) is 8.87. The van der Waals surface area contributed by atoms with Crippen LogP contribution >= 0.6 is 0 Å². The van der Waals surface area contributed by atoms with Gasteiger partial charge in [0.1, 0.15) is 11.6 Å².